The molecule has 1 rings (SSSR count). The molecule has 0 fully saturated rings. The molecule has 0 aliphatic heterocycles. The Morgan fingerprint density at radius 3 is 2.45 bits per heavy atom. The van der Waals surface area contributed by atoms with Crippen molar-refractivity contribution in [3.05, 3.63) is 28.8 Å². The number of carbonyl (C=O) groups excluding carboxylic acids is 1. The maximum absolute atomic E-state index is 12.5. The van der Waals surface area contributed by atoms with E-state index in [9.17, 15) is 9.36 Å². The fraction of sp³-hybridized carbons (Fsp3) is 0.429. The summed E-state index contributed by atoms with van der Waals surface area (Å²) < 4.78 is 22.8. The van der Waals surface area contributed by atoms with Gasteiger partial charge in [0.1, 0.15) is 11.7 Å². The lowest BCUT2D eigenvalue weighted by Crippen LogP contribution is -2.27. The van der Waals surface area contributed by atoms with Crippen LogP contribution in [0.1, 0.15) is 26.3 Å². The average Bonchev–Trinajstić information content (AvgIpc) is 2.47. The van der Waals surface area contributed by atoms with E-state index in [0.29, 0.717) is 11.3 Å². The van der Waals surface area contributed by atoms with Crippen molar-refractivity contribution in [2.24, 2.45) is 0 Å². The van der Waals surface area contributed by atoms with Crippen molar-refractivity contribution in [3.63, 3.8) is 0 Å². The average molecular weight is 345 g/mol. The van der Waals surface area contributed by atoms with Crippen LogP contribution >= 0.6 is 19.2 Å². The highest BCUT2D eigenvalue weighted by Gasteiger charge is 2.37. The number of benzene rings is 1. The number of nitrogens with one attached hydrogen (secondary N) is 1. The fourth-order valence-electron chi connectivity index (χ4n) is 1.69. The molecule has 1 aromatic carbocycles. The highest BCUT2D eigenvalue weighted by molar-refractivity contribution is 7.55. The molecule has 0 aliphatic carbocycles. The summed E-state index contributed by atoms with van der Waals surface area (Å²) in [6.45, 7) is 5.19. The first kappa shape index (κ1) is 18.7. The van der Waals surface area contributed by atoms with E-state index in [1.54, 1.807) is 19.9 Å². The summed E-state index contributed by atoms with van der Waals surface area (Å²) in [6.07, 6.45) is 0. The molecule has 0 radical (unpaired) electrons. The van der Waals surface area contributed by atoms with Gasteiger partial charge in [-0.15, -0.1) is 0 Å². The van der Waals surface area contributed by atoms with Crippen LogP contribution in [0.5, 0.6) is 0 Å². The number of amides is 1. The summed E-state index contributed by atoms with van der Waals surface area (Å²) in [7, 11) is -3.53. The molecule has 0 saturated heterocycles. The smallest absolute Gasteiger partial charge is 0.325 e. The Balaban J connectivity index is 2.89. The Labute approximate surface area is 134 Å². The van der Waals surface area contributed by atoms with Gasteiger partial charge >= 0.3 is 7.60 Å². The number of halogens is 1. The molecule has 1 amide bonds. The lowest BCUT2D eigenvalue weighted by atomic mass is 10.2. The molecule has 120 valence electrons. The van der Waals surface area contributed by atoms with Crippen molar-refractivity contribution < 1.29 is 18.4 Å². The zero-order valence-corrected chi connectivity index (χ0v) is 14.3. The predicted molar refractivity (Wildman–Crippen MR) is 85.1 cm³/mol. The van der Waals surface area contributed by atoms with Gasteiger partial charge < -0.3 is 14.4 Å². The summed E-state index contributed by atoms with van der Waals surface area (Å²) in [4.78, 5) is 12.2. The van der Waals surface area contributed by atoms with Gasteiger partial charge in [-0.2, -0.15) is 5.26 Å². The number of nitriles is 1. The van der Waals surface area contributed by atoms with Crippen LogP contribution in [0.25, 0.3) is 0 Å². The van der Waals surface area contributed by atoms with Gasteiger partial charge in [-0.25, -0.2) is 0 Å². The summed E-state index contributed by atoms with van der Waals surface area (Å²) in [5.41, 5.74) is -0.260. The number of anilines is 1. The van der Waals surface area contributed by atoms with Gasteiger partial charge in [-0.3, -0.25) is 9.36 Å². The maximum Gasteiger partial charge on any atom is 0.342 e. The minimum atomic E-state index is -3.53. The Hall–Kier alpha value is -1.38. The van der Waals surface area contributed by atoms with E-state index in [1.165, 1.54) is 19.1 Å². The van der Waals surface area contributed by atoms with Crippen LogP contribution in [0.15, 0.2) is 18.2 Å². The van der Waals surface area contributed by atoms with Crippen LogP contribution in [0.3, 0.4) is 0 Å². The number of rotatable bonds is 7. The first-order valence-corrected chi connectivity index (χ1v) is 8.76. The zero-order valence-electron chi connectivity index (χ0n) is 12.6. The second-order valence-corrected chi connectivity index (χ2v) is 7.12. The van der Waals surface area contributed by atoms with Crippen molar-refractivity contribution in [3.8, 4) is 6.07 Å². The number of hydrogen-bond acceptors (Lipinski definition) is 5. The van der Waals surface area contributed by atoms with Crippen LogP contribution in [-0.4, -0.2) is 24.8 Å². The third kappa shape index (κ3) is 4.56. The first-order valence-electron chi connectivity index (χ1n) is 6.77. The molecule has 0 saturated carbocycles. The largest absolute Gasteiger partial charge is 0.342 e. The SMILES string of the molecule is CCOP(=O)(OCC)C(C)C(=O)Nc1ccc(C#N)c(Cl)c1. The lowest BCUT2D eigenvalue weighted by molar-refractivity contribution is -0.116. The van der Waals surface area contributed by atoms with Crippen molar-refractivity contribution in [2.75, 3.05) is 18.5 Å². The van der Waals surface area contributed by atoms with Gasteiger partial charge in [0, 0.05) is 5.69 Å². The lowest BCUT2D eigenvalue weighted by Gasteiger charge is -2.22. The molecule has 1 aromatic rings. The van der Waals surface area contributed by atoms with Crippen LogP contribution in [0.4, 0.5) is 5.69 Å². The summed E-state index contributed by atoms with van der Waals surface area (Å²) in [5, 5.41) is 11.6. The molecule has 1 unspecified atom stereocenters. The number of carbonyl (C=O) groups is 1. The van der Waals surface area contributed by atoms with Crippen molar-refractivity contribution in [2.45, 2.75) is 26.4 Å². The molecule has 1 atom stereocenters. The minimum absolute atomic E-state index is 0.178. The molecule has 0 heterocycles. The van der Waals surface area contributed by atoms with Crippen LogP contribution in [0.2, 0.25) is 5.02 Å². The Kier molecular flexibility index (Phi) is 7.05. The molecule has 0 spiro atoms. The monoisotopic (exact) mass is 344 g/mol. The van der Waals surface area contributed by atoms with Gasteiger partial charge in [-0.05, 0) is 39.0 Å². The van der Waals surface area contributed by atoms with Gasteiger partial charge in [0.15, 0.2) is 0 Å². The zero-order chi connectivity index (χ0) is 16.8. The topological polar surface area (TPSA) is 88.4 Å². The fourth-order valence-corrected chi connectivity index (χ4v) is 3.51. The third-order valence-corrected chi connectivity index (χ3v) is 5.56. The van der Waals surface area contributed by atoms with Crippen molar-refractivity contribution >= 4 is 30.8 Å². The molecule has 0 aromatic heterocycles. The summed E-state index contributed by atoms with van der Waals surface area (Å²) >= 11 is 5.90. The Morgan fingerprint density at radius 1 is 1.41 bits per heavy atom. The summed E-state index contributed by atoms with van der Waals surface area (Å²) in [6, 6.07) is 6.42. The van der Waals surface area contributed by atoms with Gasteiger partial charge in [-0.1, -0.05) is 11.6 Å². The van der Waals surface area contributed by atoms with Gasteiger partial charge in [0.05, 0.1) is 23.8 Å². The standard InChI is InChI=1S/C14H18ClN2O4P/c1-4-20-22(19,21-5-2)10(3)14(18)17-12-7-6-11(9-16)13(15)8-12/h6-8,10H,4-5H2,1-3H3,(H,17,18). The van der Waals surface area contributed by atoms with E-state index in [4.69, 9.17) is 25.9 Å². The van der Waals surface area contributed by atoms with E-state index < -0.39 is 19.2 Å². The molecular weight excluding hydrogens is 327 g/mol. The van der Waals surface area contributed by atoms with Crippen LogP contribution < -0.4 is 5.32 Å². The maximum atomic E-state index is 12.5. The van der Waals surface area contributed by atoms with E-state index in [2.05, 4.69) is 5.32 Å². The second-order valence-electron chi connectivity index (χ2n) is 4.35. The van der Waals surface area contributed by atoms with Crippen molar-refractivity contribution in [1.29, 1.82) is 5.26 Å². The second kappa shape index (κ2) is 8.30. The quantitative estimate of drug-likeness (QED) is 0.760. The number of nitrogens with zero attached hydrogens (tertiary/aromatic N) is 1. The van der Waals surface area contributed by atoms with E-state index in [1.807, 2.05) is 6.07 Å². The van der Waals surface area contributed by atoms with Gasteiger partial charge in [0.2, 0.25) is 5.91 Å². The molecule has 22 heavy (non-hydrogen) atoms. The van der Waals surface area contributed by atoms with E-state index in [0.717, 1.165) is 0 Å². The molecule has 8 heteroatoms. The van der Waals surface area contributed by atoms with Gasteiger partial charge in [0.25, 0.3) is 0 Å². The van der Waals surface area contributed by atoms with E-state index >= 15 is 0 Å². The van der Waals surface area contributed by atoms with Crippen molar-refractivity contribution in [1.82, 2.24) is 0 Å². The highest BCUT2D eigenvalue weighted by Crippen LogP contribution is 2.53. The van der Waals surface area contributed by atoms with Crippen LogP contribution in [-0.2, 0) is 18.4 Å². The molecule has 0 bridgehead atoms. The highest BCUT2D eigenvalue weighted by atomic mass is 35.5. The molecular formula is C14H18ClN2O4P. The normalized spacial score (nSPS) is 12.5. The predicted octanol–water partition coefficient (Wildman–Crippen LogP) is 3.80. The third-order valence-electron chi connectivity index (χ3n) is 2.83. The Morgan fingerprint density at radius 2 is 2.00 bits per heavy atom. The Bertz CT molecular complexity index is 620. The molecule has 0 aliphatic rings. The number of hydrogen-bond donors (Lipinski definition) is 1. The first-order chi connectivity index (χ1) is 10.4. The summed E-state index contributed by atoms with van der Waals surface area (Å²) in [5.74, 6) is -0.508. The van der Waals surface area contributed by atoms with Crippen LogP contribution in [0, 0.1) is 11.3 Å². The molecule has 6 nitrogen and oxygen atoms in total. The molecule has 1 N–H and O–H groups in total. The minimum Gasteiger partial charge on any atom is -0.325 e. The van der Waals surface area contributed by atoms with E-state index in [-0.39, 0.29) is 18.2 Å².